The number of aromatic nitrogens is 2. The van der Waals surface area contributed by atoms with Crippen LogP contribution >= 0.6 is 0 Å². The standard InChI is InChI=1S/C15H15N3O4S/c1-21-10-3-6-15(22-2)14(7-10)18-23(19,20)11-4-5-12-13(8-11)17-9-16-12/h3-9,18H,1-2H3,(H,16,17). The molecule has 0 bridgehead atoms. The van der Waals surface area contributed by atoms with Gasteiger partial charge in [-0.05, 0) is 30.3 Å². The van der Waals surface area contributed by atoms with Gasteiger partial charge in [-0.2, -0.15) is 0 Å². The van der Waals surface area contributed by atoms with Crippen LogP contribution in [0.5, 0.6) is 11.5 Å². The normalized spacial score (nSPS) is 11.4. The van der Waals surface area contributed by atoms with E-state index in [4.69, 9.17) is 9.47 Å². The zero-order chi connectivity index (χ0) is 16.4. The molecule has 8 heteroatoms. The van der Waals surface area contributed by atoms with Crippen LogP contribution in [0.25, 0.3) is 11.0 Å². The highest BCUT2D eigenvalue weighted by Gasteiger charge is 2.18. The van der Waals surface area contributed by atoms with Gasteiger partial charge in [0.15, 0.2) is 0 Å². The molecule has 0 amide bonds. The maximum absolute atomic E-state index is 12.6. The molecule has 0 saturated carbocycles. The van der Waals surface area contributed by atoms with Crippen LogP contribution in [0.3, 0.4) is 0 Å². The number of anilines is 1. The molecular weight excluding hydrogens is 318 g/mol. The Bertz CT molecular complexity index is 950. The van der Waals surface area contributed by atoms with Gasteiger partial charge in [0.05, 0.1) is 42.2 Å². The van der Waals surface area contributed by atoms with E-state index in [0.717, 1.165) is 0 Å². The van der Waals surface area contributed by atoms with E-state index in [2.05, 4.69) is 14.7 Å². The number of H-pyrrole nitrogens is 1. The molecule has 0 atom stereocenters. The monoisotopic (exact) mass is 333 g/mol. The number of rotatable bonds is 5. The third-order valence-electron chi connectivity index (χ3n) is 3.35. The fourth-order valence-electron chi connectivity index (χ4n) is 2.18. The van der Waals surface area contributed by atoms with Crippen LogP contribution in [0.15, 0.2) is 47.6 Å². The average molecular weight is 333 g/mol. The largest absolute Gasteiger partial charge is 0.497 e. The molecule has 0 unspecified atom stereocenters. The summed E-state index contributed by atoms with van der Waals surface area (Å²) in [5, 5.41) is 0. The van der Waals surface area contributed by atoms with Gasteiger partial charge in [-0.15, -0.1) is 0 Å². The minimum atomic E-state index is -3.77. The highest BCUT2D eigenvalue weighted by atomic mass is 32.2. The predicted molar refractivity (Wildman–Crippen MR) is 86.4 cm³/mol. The Morgan fingerprint density at radius 1 is 1.09 bits per heavy atom. The Morgan fingerprint density at radius 3 is 2.65 bits per heavy atom. The maximum atomic E-state index is 12.6. The second-order valence-corrected chi connectivity index (χ2v) is 6.44. The van der Waals surface area contributed by atoms with Crippen LogP contribution in [-0.2, 0) is 10.0 Å². The number of hydrogen-bond acceptors (Lipinski definition) is 5. The highest BCUT2D eigenvalue weighted by Crippen LogP contribution is 2.31. The molecule has 0 aliphatic carbocycles. The van der Waals surface area contributed by atoms with Crippen molar-refractivity contribution in [1.29, 1.82) is 0 Å². The van der Waals surface area contributed by atoms with E-state index >= 15 is 0 Å². The van der Waals surface area contributed by atoms with E-state index in [9.17, 15) is 8.42 Å². The van der Waals surface area contributed by atoms with Crippen molar-refractivity contribution in [3.63, 3.8) is 0 Å². The smallest absolute Gasteiger partial charge is 0.262 e. The van der Waals surface area contributed by atoms with Crippen molar-refractivity contribution in [3.8, 4) is 11.5 Å². The van der Waals surface area contributed by atoms with E-state index in [1.165, 1.54) is 32.7 Å². The Kier molecular flexibility index (Phi) is 3.83. The van der Waals surface area contributed by atoms with E-state index in [1.54, 1.807) is 24.3 Å². The molecule has 3 rings (SSSR count). The molecule has 120 valence electrons. The summed E-state index contributed by atoms with van der Waals surface area (Å²) in [5.41, 5.74) is 1.64. The molecule has 0 aliphatic rings. The van der Waals surface area contributed by atoms with Gasteiger partial charge in [0, 0.05) is 6.07 Å². The Hall–Kier alpha value is -2.74. The van der Waals surface area contributed by atoms with Gasteiger partial charge < -0.3 is 14.5 Å². The first-order chi connectivity index (χ1) is 11.0. The molecule has 0 spiro atoms. The molecule has 2 aromatic carbocycles. The Balaban J connectivity index is 2.00. The van der Waals surface area contributed by atoms with Crippen LogP contribution < -0.4 is 14.2 Å². The zero-order valence-corrected chi connectivity index (χ0v) is 13.3. The second kappa shape index (κ2) is 5.81. The summed E-state index contributed by atoms with van der Waals surface area (Å²) in [6.45, 7) is 0. The van der Waals surface area contributed by atoms with Crippen molar-refractivity contribution < 1.29 is 17.9 Å². The first-order valence-electron chi connectivity index (χ1n) is 6.71. The lowest BCUT2D eigenvalue weighted by Gasteiger charge is -2.13. The SMILES string of the molecule is COc1ccc(OC)c(NS(=O)(=O)c2ccc3nc[nH]c3c2)c1. The number of nitrogens with one attached hydrogen (secondary N) is 2. The van der Waals surface area contributed by atoms with Crippen LogP contribution in [0.1, 0.15) is 0 Å². The lowest BCUT2D eigenvalue weighted by atomic mass is 10.3. The number of imidazole rings is 1. The van der Waals surface area contributed by atoms with Gasteiger partial charge in [0.25, 0.3) is 10.0 Å². The number of nitrogens with zero attached hydrogens (tertiary/aromatic N) is 1. The zero-order valence-electron chi connectivity index (χ0n) is 12.5. The molecule has 0 saturated heterocycles. The summed E-state index contributed by atoms with van der Waals surface area (Å²) in [5.74, 6) is 0.921. The van der Waals surface area contributed by atoms with Gasteiger partial charge in [-0.25, -0.2) is 13.4 Å². The molecular formula is C15H15N3O4S. The van der Waals surface area contributed by atoms with E-state index in [-0.39, 0.29) is 4.90 Å². The fraction of sp³-hybridized carbons (Fsp3) is 0.133. The number of ether oxygens (including phenoxy) is 2. The lowest BCUT2D eigenvalue weighted by Crippen LogP contribution is -2.13. The maximum Gasteiger partial charge on any atom is 0.262 e. The summed E-state index contributed by atoms with van der Waals surface area (Å²) >= 11 is 0. The first-order valence-corrected chi connectivity index (χ1v) is 8.20. The van der Waals surface area contributed by atoms with Crippen molar-refractivity contribution in [1.82, 2.24) is 9.97 Å². The predicted octanol–water partition coefficient (Wildman–Crippen LogP) is 2.38. The molecule has 0 fully saturated rings. The highest BCUT2D eigenvalue weighted by molar-refractivity contribution is 7.92. The van der Waals surface area contributed by atoms with Crippen molar-refractivity contribution in [2.75, 3.05) is 18.9 Å². The molecule has 3 aromatic rings. The summed E-state index contributed by atoms with van der Waals surface area (Å²) in [7, 11) is -0.799. The van der Waals surface area contributed by atoms with E-state index in [0.29, 0.717) is 28.2 Å². The quantitative estimate of drug-likeness (QED) is 0.748. The van der Waals surface area contributed by atoms with E-state index in [1.807, 2.05) is 0 Å². The summed E-state index contributed by atoms with van der Waals surface area (Å²) in [4.78, 5) is 7.08. The van der Waals surface area contributed by atoms with Crippen LogP contribution in [-0.4, -0.2) is 32.6 Å². The lowest BCUT2D eigenvalue weighted by molar-refractivity contribution is 0.405. The summed E-state index contributed by atoms with van der Waals surface area (Å²) in [6, 6.07) is 9.55. The number of hydrogen-bond donors (Lipinski definition) is 2. The molecule has 7 nitrogen and oxygen atoms in total. The van der Waals surface area contributed by atoms with Gasteiger partial charge in [0.1, 0.15) is 11.5 Å². The third-order valence-corrected chi connectivity index (χ3v) is 4.72. The number of aromatic amines is 1. The Morgan fingerprint density at radius 2 is 1.91 bits per heavy atom. The topological polar surface area (TPSA) is 93.3 Å². The van der Waals surface area contributed by atoms with Crippen molar-refractivity contribution in [3.05, 3.63) is 42.7 Å². The number of benzene rings is 2. The van der Waals surface area contributed by atoms with E-state index < -0.39 is 10.0 Å². The number of methoxy groups -OCH3 is 2. The average Bonchev–Trinajstić information content (AvgIpc) is 3.02. The van der Waals surface area contributed by atoms with Crippen LogP contribution in [0, 0.1) is 0 Å². The minimum Gasteiger partial charge on any atom is -0.497 e. The number of sulfonamides is 1. The van der Waals surface area contributed by atoms with Crippen molar-refractivity contribution in [2.45, 2.75) is 4.90 Å². The van der Waals surface area contributed by atoms with Crippen LogP contribution in [0.2, 0.25) is 0 Å². The minimum absolute atomic E-state index is 0.124. The first kappa shape index (κ1) is 15.2. The van der Waals surface area contributed by atoms with Gasteiger partial charge in [-0.1, -0.05) is 0 Å². The van der Waals surface area contributed by atoms with Gasteiger partial charge in [-0.3, -0.25) is 4.72 Å². The molecule has 1 heterocycles. The number of fused-ring (bicyclic) bond motifs is 1. The molecule has 1 aromatic heterocycles. The van der Waals surface area contributed by atoms with Crippen LogP contribution in [0.4, 0.5) is 5.69 Å². The second-order valence-electron chi connectivity index (χ2n) is 4.75. The van der Waals surface area contributed by atoms with Crippen molar-refractivity contribution >= 4 is 26.7 Å². The molecule has 23 heavy (non-hydrogen) atoms. The molecule has 0 aliphatic heterocycles. The third kappa shape index (κ3) is 2.93. The Labute approximate surface area is 133 Å². The molecule has 2 N–H and O–H groups in total. The molecule has 0 radical (unpaired) electrons. The van der Waals surface area contributed by atoms with Gasteiger partial charge >= 0.3 is 0 Å². The summed E-state index contributed by atoms with van der Waals surface area (Å²) < 4.78 is 38.0. The summed E-state index contributed by atoms with van der Waals surface area (Å²) in [6.07, 6.45) is 1.51. The van der Waals surface area contributed by atoms with Gasteiger partial charge in [0.2, 0.25) is 0 Å². The van der Waals surface area contributed by atoms with Crippen molar-refractivity contribution in [2.24, 2.45) is 0 Å². The fourth-order valence-corrected chi connectivity index (χ4v) is 3.27.